The van der Waals surface area contributed by atoms with Gasteiger partial charge in [0.25, 0.3) is 0 Å². The number of hydrogen-bond donors (Lipinski definition) is 2. The molecule has 1 aromatic rings. The van der Waals surface area contributed by atoms with Crippen molar-refractivity contribution in [3.8, 4) is 0 Å². The summed E-state index contributed by atoms with van der Waals surface area (Å²) < 4.78 is 0. The predicted octanol–water partition coefficient (Wildman–Crippen LogP) is 2.20. The number of anilines is 1. The summed E-state index contributed by atoms with van der Waals surface area (Å²) in [7, 11) is 0. The third kappa shape index (κ3) is 4.05. The first-order valence-corrected chi connectivity index (χ1v) is 7.41. The number of hydrogen-bond acceptors (Lipinski definition) is 3. The maximum Gasteiger partial charge on any atom is 0.238 e. The van der Waals surface area contributed by atoms with E-state index in [1.165, 1.54) is 12.8 Å². The van der Waals surface area contributed by atoms with Gasteiger partial charge in [-0.2, -0.15) is 0 Å². The van der Waals surface area contributed by atoms with Gasteiger partial charge in [0.2, 0.25) is 5.91 Å². The van der Waals surface area contributed by atoms with Gasteiger partial charge in [-0.25, -0.2) is 0 Å². The Morgan fingerprint density at radius 2 is 2.00 bits per heavy atom. The van der Waals surface area contributed by atoms with Crippen LogP contribution in [0.5, 0.6) is 0 Å². The highest BCUT2D eigenvalue weighted by molar-refractivity contribution is 5.92. The summed E-state index contributed by atoms with van der Waals surface area (Å²) in [6, 6.07) is 8.20. The molecule has 1 amide bonds. The maximum absolute atomic E-state index is 12.1. The van der Waals surface area contributed by atoms with Gasteiger partial charge in [-0.3, -0.25) is 9.69 Å². The fraction of sp³-hybridized carbons (Fsp3) is 0.562. The highest BCUT2D eigenvalue weighted by atomic mass is 16.2. The van der Waals surface area contributed by atoms with Gasteiger partial charge in [-0.05, 0) is 43.4 Å². The van der Waals surface area contributed by atoms with Gasteiger partial charge in [0, 0.05) is 24.8 Å². The van der Waals surface area contributed by atoms with Crippen molar-refractivity contribution in [2.45, 2.75) is 39.3 Å². The predicted molar refractivity (Wildman–Crippen MR) is 82.4 cm³/mol. The topological polar surface area (TPSA) is 58.4 Å². The molecule has 1 aliphatic heterocycles. The molecule has 0 saturated carbocycles. The SMILES string of the molecule is CC1CCC(C)N(CC(=O)Nc2ccc(CN)cc2)C1. The van der Waals surface area contributed by atoms with E-state index in [0.29, 0.717) is 25.0 Å². The molecule has 0 aliphatic carbocycles. The van der Waals surface area contributed by atoms with E-state index in [1.54, 1.807) is 0 Å². The lowest BCUT2D eigenvalue weighted by molar-refractivity contribution is -0.118. The van der Waals surface area contributed by atoms with Gasteiger partial charge < -0.3 is 11.1 Å². The minimum Gasteiger partial charge on any atom is -0.326 e. The van der Waals surface area contributed by atoms with Crippen LogP contribution in [0.1, 0.15) is 32.3 Å². The van der Waals surface area contributed by atoms with Crippen LogP contribution in [-0.4, -0.2) is 29.9 Å². The van der Waals surface area contributed by atoms with E-state index >= 15 is 0 Å². The number of rotatable bonds is 4. The number of benzene rings is 1. The van der Waals surface area contributed by atoms with Gasteiger partial charge in [0.15, 0.2) is 0 Å². The van der Waals surface area contributed by atoms with Crippen LogP contribution in [0.15, 0.2) is 24.3 Å². The molecule has 4 nitrogen and oxygen atoms in total. The molecule has 1 aromatic carbocycles. The van der Waals surface area contributed by atoms with Crippen LogP contribution in [0.2, 0.25) is 0 Å². The van der Waals surface area contributed by atoms with Gasteiger partial charge in [0.1, 0.15) is 0 Å². The van der Waals surface area contributed by atoms with Crippen LogP contribution in [0.25, 0.3) is 0 Å². The average Bonchev–Trinajstić information content (AvgIpc) is 2.43. The zero-order chi connectivity index (χ0) is 14.5. The number of amides is 1. The van der Waals surface area contributed by atoms with Crippen molar-refractivity contribution < 1.29 is 4.79 Å². The van der Waals surface area contributed by atoms with E-state index in [9.17, 15) is 4.79 Å². The summed E-state index contributed by atoms with van der Waals surface area (Å²) in [6.45, 7) is 6.47. The molecular weight excluding hydrogens is 250 g/mol. The molecule has 20 heavy (non-hydrogen) atoms. The van der Waals surface area contributed by atoms with E-state index in [1.807, 2.05) is 24.3 Å². The second-order valence-corrected chi connectivity index (χ2v) is 5.91. The maximum atomic E-state index is 12.1. The lowest BCUT2D eigenvalue weighted by Crippen LogP contribution is -2.45. The standard InChI is InChI=1S/C16H25N3O/c1-12-3-4-13(2)19(10-12)11-16(20)18-15-7-5-14(9-17)6-8-15/h5-8,12-13H,3-4,9-11,17H2,1-2H3,(H,18,20). The number of carbonyl (C=O) groups is 1. The van der Waals surface area contributed by atoms with Gasteiger partial charge in [-0.15, -0.1) is 0 Å². The number of piperidine rings is 1. The molecule has 1 fully saturated rings. The number of nitrogens with zero attached hydrogens (tertiary/aromatic N) is 1. The van der Waals surface area contributed by atoms with Crippen LogP contribution in [0.4, 0.5) is 5.69 Å². The Labute approximate surface area is 121 Å². The zero-order valence-electron chi connectivity index (χ0n) is 12.4. The van der Waals surface area contributed by atoms with E-state index in [-0.39, 0.29) is 5.91 Å². The minimum absolute atomic E-state index is 0.0615. The van der Waals surface area contributed by atoms with Gasteiger partial charge >= 0.3 is 0 Å². The Hall–Kier alpha value is -1.39. The second kappa shape index (κ2) is 6.86. The van der Waals surface area contributed by atoms with E-state index < -0.39 is 0 Å². The molecule has 2 unspecified atom stereocenters. The summed E-state index contributed by atoms with van der Waals surface area (Å²) in [5, 5.41) is 2.95. The molecule has 110 valence electrons. The Balaban J connectivity index is 1.87. The van der Waals surface area contributed by atoms with Gasteiger partial charge in [-0.1, -0.05) is 19.1 Å². The van der Waals surface area contributed by atoms with Crippen molar-refractivity contribution in [1.29, 1.82) is 0 Å². The van der Waals surface area contributed by atoms with E-state index in [4.69, 9.17) is 5.73 Å². The van der Waals surface area contributed by atoms with Crippen LogP contribution >= 0.6 is 0 Å². The molecule has 0 spiro atoms. The van der Waals surface area contributed by atoms with E-state index in [0.717, 1.165) is 17.8 Å². The molecule has 1 heterocycles. The number of nitrogens with one attached hydrogen (secondary N) is 1. The van der Waals surface area contributed by atoms with Crippen LogP contribution in [0, 0.1) is 5.92 Å². The van der Waals surface area contributed by atoms with Crippen molar-refractivity contribution >= 4 is 11.6 Å². The second-order valence-electron chi connectivity index (χ2n) is 5.91. The molecule has 0 aromatic heterocycles. The lowest BCUT2D eigenvalue weighted by Gasteiger charge is -2.36. The first-order valence-electron chi connectivity index (χ1n) is 7.41. The number of nitrogens with two attached hydrogens (primary N) is 1. The Bertz CT molecular complexity index is 444. The fourth-order valence-corrected chi connectivity index (χ4v) is 2.71. The van der Waals surface area contributed by atoms with Crippen molar-refractivity contribution in [2.75, 3.05) is 18.4 Å². The molecule has 0 radical (unpaired) electrons. The first kappa shape index (κ1) is 15.0. The molecule has 3 N–H and O–H groups in total. The van der Waals surface area contributed by atoms with Gasteiger partial charge in [0.05, 0.1) is 6.54 Å². The van der Waals surface area contributed by atoms with Crippen LogP contribution in [-0.2, 0) is 11.3 Å². The third-order valence-corrected chi connectivity index (χ3v) is 4.07. The molecule has 1 saturated heterocycles. The van der Waals surface area contributed by atoms with Crippen molar-refractivity contribution in [3.63, 3.8) is 0 Å². The van der Waals surface area contributed by atoms with E-state index in [2.05, 4.69) is 24.1 Å². The number of likely N-dealkylation sites (tertiary alicyclic amines) is 1. The molecule has 0 bridgehead atoms. The molecule has 2 atom stereocenters. The van der Waals surface area contributed by atoms with Crippen LogP contribution in [0.3, 0.4) is 0 Å². The van der Waals surface area contributed by atoms with Crippen molar-refractivity contribution in [2.24, 2.45) is 11.7 Å². The monoisotopic (exact) mass is 275 g/mol. The summed E-state index contributed by atoms with van der Waals surface area (Å²) in [6.07, 6.45) is 2.44. The minimum atomic E-state index is 0.0615. The third-order valence-electron chi connectivity index (χ3n) is 4.07. The first-order chi connectivity index (χ1) is 9.58. The summed E-state index contributed by atoms with van der Waals surface area (Å²) >= 11 is 0. The Morgan fingerprint density at radius 1 is 1.30 bits per heavy atom. The van der Waals surface area contributed by atoms with Crippen molar-refractivity contribution in [1.82, 2.24) is 4.90 Å². The molecular formula is C16H25N3O. The molecule has 2 rings (SSSR count). The van der Waals surface area contributed by atoms with Crippen molar-refractivity contribution in [3.05, 3.63) is 29.8 Å². The average molecular weight is 275 g/mol. The number of carbonyl (C=O) groups excluding carboxylic acids is 1. The fourth-order valence-electron chi connectivity index (χ4n) is 2.71. The summed E-state index contributed by atoms with van der Waals surface area (Å²) in [5.41, 5.74) is 7.47. The smallest absolute Gasteiger partial charge is 0.238 e. The summed E-state index contributed by atoms with van der Waals surface area (Å²) in [4.78, 5) is 14.4. The summed E-state index contributed by atoms with van der Waals surface area (Å²) in [5.74, 6) is 0.745. The zero-order valence-corrected chi connectivity index (χ0v) is 12.4. The normalized spacial score (nSPS) is 23.6. The Kier molecular flexibility index (Phi) is 5.15. The highest BCUT2D eigenvalue weighted by Gasteiger charge is 2.24. The largest absolute Gasteiger partial charge is 0.326 e. The highest BCUT2D eigenvalue weighted by Crippen LogP contribution is 2.21. The lowest BCUT2D eigenvalue weighted by atomic mass is 9.95. The Morgan fingerprint density at radius 3 is 2.65 bits per heavy atom. The molecule has 1 aliphatic rings. The van der Waals surface area contributed by atoms with Crippen LogP contribution < -0.4 is 11.1 Å². The quantitative estimate of drug-likeness (QED) is 0.885. The molecule has 4 heteroatoms.